The van der Waals surface area contributed by atoms with Gasteiger partial charge in [0.25, 0.3) is 5.91 Å². The SMILES string of the molecule is COc1cc(Cl)c(C)cc1NC(=O)C(C)OC(=O)c1cccc(OC)c1O. The zero-order valence-electron chi connectivity index (χ0n) is 15.3. The maximum atomic E-state index is 12.4. The lowest BCUT2D eigenvalue weighted by molar-refractivity contribution is -0.123. The Labute approximate surface area is 161 Å². The van der Waals surface area contributed by atoms with E-state index in [0.717, 1.165) is 5.56 Å². The Hall–Kier alpha value is -2.93. The number of rotatable bonds is 6. The Bertz CT molecular complexity index is 868. The Morgan fingerprint density at radius 1 is 1.15 bits per heavy atom. The number of halogens is 1. The van der Waals surface area contributed by atoms with Gasteiger partial charge in [-0.25, -0.2) is 4.79 Å². The van der Waals surface area contributed by atoms with E-state index in [1.165, 1.54) is 39.3 Å². The fraction of sp³-hybridized carbons (Fsp3) is 0.263. The van der Waals surface area contributed by atoms with Crippen LogP contribution in [0.15, 0.2) is 30.3 Å². The van der Waals surface area contributed by atoms with Gasteiger partial charge in [-0.05, 0) is 37.6 Å². The Kier molecular flexibility index (Phi) is 6.52. The number of carbonyl (C=O) groups is 2. The summed E-state index contributed by atoms with van der Waals surface area (Å²) in [7, 11) is 2.81. The molecular weight excluding hydrogens is 374 g/mol. The van der Waals surface area contributed by atoms with Gasteiger partial charge in [0.05, 0.1) is 19.9 Å². The lowest BCUT2D eigenvalue weighted by Crippen LogP contribution is -2.30. The van der Waals surface area contributed by atoms with E-state index < -0.39 is 18.0 Å². The monoisotopic (exact) mass is 393 g/mol. The van der Waals surface area contributed by atoms with E-state index in [1.54, 1.807) is 19.1 Å². The molecule has 2 aromatic rings. The number of amides is 1. The molecule has 0 aromatic heterocycles. The average Bonchev–Trinajstić information content (AvgIpc) is 2.64. The predicted octanol–water partition coefficient (Wildman–Crippen LogP) is 3.56. The summed E-state index contributed by atoms with van der Waals surface area (Å²) in [6.07, 6.45) is -1.12. The van der Waals surface area contributed by atoms with E-state index >= 15 is 0 Å². The number of para-hydroxylation sites is 1. The molecule has 0 radical (unpaired) electrons. The highest BCUT2D eigenvalue weighted by molar-refractivity contribution is 6.31. The van der Waals surface area contributed by atoms with Gasteiger partial charge in [0.1, 0.15) is 11.3 Å². The van der Waals surface area contributed by atoms with E-state index in [-0.39, 0.29) is 17.1 Å². The number of aromatic hydroxyl groups is 1. The summed E-state index contributed by atoms with van der Waals surface area (Å²) in [5.41, 5.74) is 1.05. The van der Waals surface area contributed by atoms with Crippen molar-refractivity contribution in [1.82, 2.24) is 0 Å². The molecule has 2 rings (SSSR count). The second kappa shape index (κ2) is 8.64. The molecule has 0 aliphatic heterocycles. The minimum Gasteiger partial charge on any atom is -0.504 e. The maximum absolute atomic E-state index is 12.4. The third-order valence-electron chi connectivity index (χ3n) is 3.83. The standard InChI is InChI=1S/C19H20ClNO6/c1-10-8-14(16(26-4)9-13(10)20)21-18(23)11(2)27-19(24)12-6-5-7-15(25-3)17(12)22/h5-9,11,22H,1-4H3,(H,21,23). The van der Waals surface area contributed by atoms with Gasteiger partial charge in [0.15, 0.2) is 17.6 Å². The summed E-state index contributed by atoms with van der Waals surface area (Å²) in [4.78, 5) is 24.7. The van der Waals surface area contributed by atoms with Gasteiger partial charge < -0.3 is 24.6 Å². The molecule has 1 unspecified atom stereocenters. The Balaban J connectivity index is 2.12. The highest BCUT2D eigenvalue weighted by atomic mass is 35.5. The molecule has 2 aromatic carbocycles. The summed E-state index contributed by atoms with van der Waals surface area (Å²) >= 11 is 6.04. The molecule has 1 amide bonds. The van der Waals surface area contributed by atoms with Gasteiger partial charge >= 0.3 is 5.97 Å². The second-order valence-corrected chi connectivity index (χ2v) is 6.10. The number of methoxy groups -OCH3 is 2. The maximum Gasteiger partial charge on any atom is 0.342 e. The number of carbonyl (C=O) groups excluding carboxylic acids is 2. The molecule has 0 saturated carbocycles. The molecule has 27 heavy (non-hydrogen) atoms. The van der Waals surface area contributed by atoms with Crippen LogP contribution >= 0.6 is 11.6 Å². The van der Waals surface area contributed by atoms with Crippen molar-refractivity contribution in [1.29, 1.82) is 0 Å². The van der Waals surface area contributed by atoms with Crippen LogP contribution in [0.25, 0.3) is 0 Å². The summed E-state index contributed by atoms with van der Waals surface area (Å²) in [6.45, 7) is 3.20. The molecule has 0 saturated heterocycles. The van der Waals surface area contributed by atoms with Gasteiger partial charge in [-0.3, -0.25) is 4.79 Å². The van der Waals surface area contributed by atoms with Crippen molar-refractivity contribution in [3.05, 3.63) is 46.5 Å². The lowest BCUT2D eigenvalue weighted by Gasteiger charge is -2.16. The first-order chi connectivity index (χ1) is 12.8. The molecule has 0 aliphatic rings. The zero-order valence-corrected chi connectivity index (χ0v) is 16.1. The highest BCUT2D eigenvalue weighted by Crippen LogP contribution is 2.32. The summed E-state index contributed by atoms with van der Waals surface area (Å²) in [5, 5.41) is 13.1. The molecule has 0 heterocycles. The van der Waals surface area contributed by atoms with Crippen LogP contribution < -0.4 is 14.8 Å². The van der Waals surface area contributed by atoms with Crippen LogP contribution in [0.3, 0.4) is 0 Å². The van der Waals surface area contributed by atoms with Crippen LogP contribution in [0.5, 0.6) is 17.2 Å². The molecule has 0 fully saturated rings. The van der Waals surface area contributed by atoms with Gasteiger partial charge in [-0.15, -0.1) is 0 Å². The van der Waals surface area contributed by atoms with E-state index in [4.69, 9.17) is 25.8 Å². The van der Waals surface area contributed by atoms with Crippen molar-refractivity contribution >= 4 is 29.2 Å². The van der Waals surface area contributed by atoms with Crippen LogP contribution in [0, 0.1) is 6.92 Å². The number of ether oxygens (including phenoxy) is 3. The lowest BCUT2D eigenvalue weighted by atomic mass is 10.2. The summed E-state index contributed by atoms with van der Waals surface area (Å²) < 4.78 is 15.3. The number of nitrogens with one attached hydrogen (secondary N) is 1. The Morgan fingerprint density at radius 2 is 1.81 bits per heavy atom. The minimum absolute atomic E-state index is 0.103. The number of hydrogen-bond acceptors (Lipinski definition) is 6. The molecule has 144 valence electrons. The average molecular weight is 394 g/mol. The second-order valence-electron chi connectivity index (χ2n) is 5.69. The van der Waals surface area contributed by atoms with Crippen LogP contribution in [0.4, 0.5) is 5.69 Å². The van der Waals surface area contributed by atoms with Crippen molar-refractivity contribution in [2.45, 2.75) is 20.0 Å². The van der Waals surface area contributed by atoms with E-state index in [1.807, 2.05) is 0 Å². The number of aryl methyl sites for hydroxylation is 1. The first-order valence-corrected chi connectivity index (χ1v) is 8.38. The molecular formula is C19H20ClNO6. The zero-order chi connectivity index (χ0) is 20.1. The van der Waals surface area contributed by atoms with Crippen LogP contribution in [-0.2, 0) is 9.53 Å². The number of phenols is 1. The van der Waals surface area contributed by atoms with Gasteiger partial charge in [0, 0.05) is 11.1 Å². The van der Waals surface area contributed by atoms with Gasteiger partial charge in [-0.2, -0.15) is 0 Å². The minimum atomic E-state index is -1.12. The summed E-state index contributed by atoms with van der Waals surface area (Å²) in [6, 6.07) is 7.63. The topological polar surface area (TPSA) is 94.1 Å². The highest BCUT2D eigenvalue weighted by Gasteiger charge is 2.23. The quantitative estimate of drug-likeness (QED) is 0.729. The molecule has 0 bridgehead atoms. The van der Waals surface area contributed by atoms with E-state index in [0.29, 0.717) is 16.5 Å². The van der Waals surface area contributed by atoms with Crippen LogP contribution in [0.2, 0.25) is 5.02 Å². The molecule has 7 nitrogen and oxygen atoms in total. The third-order valence-corrected chi connectivity index (χ3v) is 4.24. The molecule has 0 aliphatic carbocycles. The number of anilines is 1. The number of hydrogen-bond donors (Lipinski definition) is 2. The van der Waals surface area contributed by atoms with Crippen molar-refractivity contribution in [2.75, 3.05) is 19.5 Å². The predicted molar refractivity (Wildman–Crippen MR) is 101 cm³/mol. The number of benzene rings is 2. The van der Waals surface area contributed by atoms with Gasteiger partial charge in [-0.1, -0.05) is 17.7 Å². The van der Waals surface area contributed by atoms with Crippen LogP contribution in [0.1, 0.15) is 22.8 Å². The molecule has 0 spiro atoms. The normalized spacial score (nSPS) is 11.4. The fourth-order valence-corrected chi connectivity index (χ4v) is 2.45. The van der Waals surface area contributed by atoms with Crippen LogP contribution in [-0.4, -0.2) is 37.3 Å². The van der Waals surface area contributed by atoms with Crippen molar-refractivity contribution < 1.29 is 28.9 Å². The van der Waals surface area contributed by atoms with E-state index in [2.05, 4.69) is 5.32 Å². The first kappa shape index (κ1) is 20.4. The smallest absolute Gasteiger partial charge is 0.342 e. The number of phenolic OH excluding ortho intramolecular Hbond substituents is 1. The largest absolute Gasteiger partial charge is 0.504 e. The molecule has 8 heteroatoms. The van der Waals surface area contributed by atoms with Gasteiger partial charge in [0.2, 0.25) is 0 Å². The van der Waals surface area contributed by atoms with Crippen molar-refractivity contribution in [3.8, 4) is 17.2 Å². The number of esters is 1. The van der Waals surface area contributed by atoms with E-state index in [9.17, 15) is 14.7 Å². The molecule has 2 N–H and O–H groups in total. The first-order valence-electron chi connectivity index (χ1n) is 8.00. The van der Waals surface area contributed by atoms with Crippen molar-refractivity contribution in [2.24, 2.45) is 0 Å². The van der Waals surface area contributed by atoms with Crippen molar-refractivity contribution in [3.63, 3.8) is 0 Å². The third kappa shape index (κ3) is 4.62. The molecule has 1 atom stereocenters. The Morgan fingerprint density at radius 3 is 2.44 bits per heavy atom. The summed E-state index contributed by atoms with van der Waals surface area (Å²) in [5.74, 6) is -1.27. The fourth-order valence-electron chi connectivity index (χ4n) is 2.29.